The number of nitrogens with zero attached hydrogens (tertiary/aromatic N) is 2. The van der Waals surface area contributed by atoms with Gasteiger partial charge in [0.2, 0.25) is 5.92 Å². The Labute approximate surface area is 187 Å². The van der Waals surface area contributed by atoms with Crippen molar-refractivity contribution in [1.82, 2.24) is 14.5 Å². The summed E-state index contributed by atoms with van der Waals surface area (Å²) in [5, 5.41) is 3.43. The number of hydrogen-bond acceptors (Lipinski definition) is 4. The number of rotatable bonds is 7. The van der Waals surface area contributed by atoms with Crippen molar-refractivity contribution in [2.24, 2.45) is 0 Å². The molecule has 2 fully saturated rings. The van der Waals surface area contributed by atoms with Gasteiger partial charge in [0, 0.05) is 56.9 Å². The molecular weight excluding hydrogens is 428 g/mol. The molecule has 1 N–H and O–H groups in total. The number of halogens is 3. The van der Waals surface area contributed by atoms with Gasteiger partial charge in [0.1, 0.15) is 0 Å². The monoisotopic (exact) mass is 459 g/mol. The highest BCUT2D eigenvalue weighted by molar-refractivity contribution is 7.97. The Balaban J connectivity index is 1.67. The Morgan fingerprint density at radius 1 is 1.17 bits per heavy atom. The molecule has 168 valence electrons. The second-order valence-electron chi connectivity index (χ2n) is 8.50. The third-order valence-corrected chi connectivity index (χ3v) is 7.88. The highest BCUT2D eigenvalue weighted by Gasteiger charge is 2.47. The van der Waals surface area contributed by atoms with Gasteiger partial charge in [0.25, 0.3) is 5.91 Å². The number of benzene rings is 1. The summed E-state index contributed by atoms with van der Waals surface area (Å²) in [5.74, 6) is -1.74. The zero-order chi connectivity index (χ0) is 21.8. The Bertz CT molecular complexity index is 731. The summed E-state index contributed by atoms with van der Waals surface area (Å²) in [7, 11) is 0. The fraction of sp³-hybridized carbons (Fsp3) is 0.682. The minimum atomic E-state index is -2.60. The normalized spacial score (nSPS) is 22.0. The van der Waals surface area contributed by atoms with E-state index < -0.39 is 11.5 Å². The predicted octanol–water partition coefficient (Wildman–Crippen LogP) is 5.00. The van der Waals surface area contributed by atoms with Gasteiger partial charge in [-0.05, 0) is 43.9 Å². The fourth-order valence-electron chi connectivity index (χ4n) is 4.34. The van der Waals surface area contributed by atoms with Crippen LogP contribution in [0.25, 0.3) is 0 Å². The first-order valence-corrected chi connectivity index (χ1v) is 12.1. The number of aryl methyl sites for hydroxylation is 1. The van der Waals surface area contributed by atoms with E-state index in [1.807, 2.05) is 24.9 Å². The predicted molar refractivity (Wildman–Crippen MR) is 121 cm³/mol. The maximum Gasteiger partial charge on any atom is 0.252 e. The van der Waals surface area contributed by atoms with E-state index in [0.29, 0.717) is 30.0 Å². The van der Waals surface area contributed by atoms with Crippen molar-refractivity contribution in [2.75, 3.05) is 38.5 Å². The minimum absolute atomic E-state index is 0.126. The molecule has 4 nitrogen and oxygen atoms in total. The molecular formula is C22H32ClF2N3OS. The zero-order valence-corrected chi connectivity index (χ0v) is 19.4. The highest BCUT2D eigenvalue weighted by atomic mass is 35.5. The lowest BCUT2D eigenvalue weighted by Gasteiger charge is -2.50. The molecule has 1 aliphatic carbocycles. The molecule has 0 spiro atoms. The van der Waals surface area contributed by atoms with E-state index >= 15 is 0 Å². The zero-order valence-electron chi connectivity index (χ0n) is 17.9. The molecule has 1 aliphatic heterocycles. The standard InChI is InChI=1S/C22H32ClF2N3OS/c1-3-14-30-28-12-10-27(11-13-28)21(6-8-22(24,25)9-7-21)16-26-20(29)18-5-4-17(2)15-19(18)23/h4-5,15H,3,6-14,16H2,1-2H3,(H,26,29). The van der Waals surface area contributed by atoms with Gasteiger partial charge < -0.3 is 5.32 Å². The number of alkyl halides is 2. The molecule has 3 rings (SSSR count). The lowest BCUT2D eigenvalue weighted by molar-refractivity contribution is -0.0854. The number of piperazine rings is 1. The summed E-state index contributed by atoms with van der Waals surface area (Å²) in [4.78, 5) is 15.1. The van der Waals surface area contributed by atoms with Crippen molar-refractivity contribution in [1.29, 1.82) is 0 Å². The van der Waals surface area contributed by atoms with Crippen LogP contribution in [0.4, 0.5) is 8.78 Å². The van der Waals surface area contributed by atoms with E-state index in [1.54, 1.807) is 12.1 Å². The number of carbonyl (C=O) groups is 1. The smallest absolute Gasteiger partial charge is 0.252 e. The molecule has 1 aromatic rings. The van der Waals surface area contributed by atoms with E-state index in [1.165, 1.54) is 0 Å². The van der Waals surface area contributed by atoms with E-state index in [4.69, 9.17) is 11.6 Å². The van der Waals surface area contributed by atoms with Crippen molar-refractivity contribution in [3.63, 3.8) is 0 Å². The third kappa shape index (κ3) is 5.87. The first-order chi connectivity index (χ1) is 14.2. The van der Waals surface area contributed by atoms with Crippen LogP contribution in [-0.4, -0.2) is 65.1 Å². The number of amides is 1. The lowest BCUT2D eigenvalue weighted by Crippen LogP contribution is -2.62. The van der Waals surface area contributed by atoms with Crippen LogP contribution in [-0.2, 0) is 0 Å². The quantitative estimate of drug-likeness (QED) is 0.582. The van der Waals surface area contributed by atoms with Crippen LogP contribution < -0.4 is 5.32 Å². The highest BCUT2D eigenvalue weighted by Crippen LogP contribution is 2.42. The van der Waals surface area contributed by atoms with Crippen LogP contribution in [0, 0.1) is 6.92 Å². The van der Waals surface area contributed by atoms with Gasteiger partial charge in [-0.25, -0.2) is 13.1 Å². The Kier molecular flexibility index (Phi) is 8.04. The van der Waals surface area contributed by atoms with Crippen molar-refractivity contribution >= 4 is 29.5 Å². The van der Waals surface area contributed by atoms with Crippen molar-refractivity contribution < 1.29 is 13.6 Å². The van der Waals surface area contributed by atoms with Crippen LogP contribution in [0.5, 0.6) is 0 Å². The van der Waals surface area contributed by atoms with Gasteiger partial charge in [-0.2, -0.15) is 0 Å². The van der Waals surface area contributed by atoms with Crippen LogP contribution >= 0.6 is 23.5 Å². The van der Waals surface area contributed by atoms with Gasteiger partial charge in [-0.3, -0.25) is 9.69 Å². The summed E-state index contributed by atoms with van der Waals surface area (Å²) in [6.07, 6.45) is 1.67. The minimum Gasteiger partial charge on any atom is -0.350 e. The molecule has 0 atom stereocenters. The van der Waals surface area contributed by atoms with Gasteiger partial charge >= 0.3 is 0 Å². The third-order valence-electron chi connectivity index (χ3n) is 6.25. The van der Waals surface area contributed by atoms with E-state index in [2.05, 4.69) is 21.4 Å². The molecule has 0 radical (unpaired) electrons. The summed E-state index contributed by atoms with van der Waals surface area (Å²) in [5.41, 5.74) is 0.997. The molecule has 0 unspecified atom stereocenters. The topological polar surface area (TPSA) is 35.6 Å². The molecule has 1 amide bonds. The molecule has 8 heteroatoms. The number of hydrogen-bond donors (Lipinski definition) is 1. The first-order valence-electron chi connectivity index (χ1n) is 10.8. The summed E-state index contributed by atoms with van der Waals surface area (Å²) in [6.45, 7) is 7.97. The van der Waals surface area contributed by atoms with Gasteiger partial charge in [-0.15, -0.1) is 0 Å². The average molecular weight is 460 g/mol. The van der Waals surface area contributed by atoms with Gasteiger partial charge in [0.15, 0.2) is 0 Å². The Morgan fingerprint density at radius 3 is 2.43 bits per heavy atom. The maximum absolute atomic E-state index is 13.9. The molecule has 30 heavy (non-hydrogen) atoms. The number of carbonyl (C=O) groups excluding carboxylic acids is 1. The second-order valence-corrected chi connectivity index (χ2v) is 10.1. The average Bonchev–Trinajstić information content (AvgIpc) is 2.72. The number of nitrogens with one attached hydrogen (secondary N) is 1. The van der Waals surface area contributed by atoms with Crippen molar-refractivity contribution in [3.8, 4) is 0 Å². The van der Waals surface area contributed by atoms with Crippen LogP contribution in [0.1, 0.15) is 54.9 Å². The largest absolute Gasteiger partial charge is 0.350 e. The van der Waals surface area contributed by atoms with Gasteiger partial charge in [-0.1, -0.05) is 36.5 Å². The molecule has 2 aliphatic rings. The molecule has 1 aromatic carbocycles. The maximum atomic E-state index is 13.9. The SMILES string of the molecule is CCCSN1CCN(C2(CNC(=O)c3ccc(C)cc3Cl)CCC(F)(F)CC2)CC1. The fourth-order valence-corrected chi connectivity index (χ4v) is 5.53. The summed E-state index contributed by atoms with van der Waals surface area (Å²) in [6, 6.07) is 5.34. The summed E-state index contributed by atoms with van der Waals surface area (Å²) >= 11 is 8.11. The van der Waals surface area contributed by atoms with Gasteiger partial charge in [0.05, 0.1) is 10.6 Å². The summed E-state index contributed by atoms with van der Waals surface area (Å²) < 4.78 is 30.2. The van der Waals surface area contributed by atoms with E-state index in [0.717, 1.165) is 43.9 Å². The van der Waals surface area contributed by atoms with Crippen LogP contribution in [0.2, 0.25) is 5.02 Å². The van der Waals surface area contributed by atoms with Crippen molar-refractivity contribution in [3.05, 3.63) is 34.3 Å². The molecule has 0 bridgehead atoms. The van der Waals surface area contributed by atoms with Crippen molar-refractivity contribution in [2.45, 2.75) is 57.4 Å². The lowest BCUT2D eigenvalue weighted by atomic mass is 9.78. The first kappa shape index (κ1) is 23.8. The molecule has 1 saturated carbocycles. The van der Waals surface area contributed by atoms with E-state index in [9.17, 15) is 13.6 Å². The van der Waals surface area contributed by atoms with Crippen LogP contribution in [0.15, 0.2) is 18.2 Å². The molecule has 1 heterocycles. The molecule has 0 aromatic heterocycles. The second kappa shape index (κ2) is 10.2. The molecule has 1 saturated heterocycles. The Morgan fingerprint density at radius 2 is 1.83 bits per heavy atom. The Hall–Kier alpha value is -0.890. The van der Waals surface area contributed by atoms with Crippen LogP contribution in [0.3, 0.4) is 0 Å². The van der Waals surface area contributed by atoms with E-state index in [-0.39, 0.29) is 18.7 Å².